The van der Waals surface area contributed by atoms with Crippen LogP contribution in [0.2, 0.25) is 0 Å². The average molecular weight is 247 g/mol. The first-order chi connectivity index (χ1) is 8.57. The fourth-order valence-corrected chi connectivity index (χ4v) is 1.58. The number of aromatic nitrogens is 2. The van der Waals surface area contributed by atoms with Gasteiger partial charge in [-0.1, -0.05) is 30.3 Å². The molecular formula is C10H9N5O3. The van der Waals surface area contributed by atoms with Crippen molar-refractivity contribution in [3.05, 3.63) is 56.1 Å². The second-order valence-electron chi connectivity index (χ2n) is 3.48. The quantitative estimate of drug-likeness (QED) is 0.546. The second-order valence-corrected chi connectivity index (χ2v) is 3.48. The Kier molecular flexibility index (Phi) is 2.68. The summed E-state index contributed by atoms with van der Waals surface area (Å²) in [6.07, 6.45) is 0. The smallest absolute Gasteiger partial charge is 0.333 e. The first-order valence-corrected chi connectivity index (χ1v) is 4.89. The van der Waals surface area contributed by atoms with Crippen molar-refractivity contribution >= 4 is 5.82 Å². The normalized spacial score (nSPS) is 10.2. The zero-order valence-electron chi connectivity index (χ0n) is 9.11. The lowest BCUT2D eigenvalue weighted by Gasteiger charge is -2.08. The van der Waals surface area contributed by atoms with Gasteiger partial charge in [-0.3, -0.25) is 4.79 Å². The Morgan fingerprint density at radius 3 is 2.17 bits per heavy atom. The minimum atomic E-state index is -1.02. The molecule has 0 radical (unpaired) electrons. The van der Waals surface area contributed by atoms with Crippen LogP contribution in [0.15, 0.2) is 45.1 Å². The van der Waals surface area contributed by atoms with Crippen molar-refractivity contribution in [2.45, 2.75) is 0 Å². The predicted molar refractivity (Wildman–Crippen MR) is 66.2 cm³/mol. The summed E-state index contributed by atoms with van der Waals surface area (Å²) < 4.78 is 0.772. The molecule has 1 aromatic heterocycles. The zero-order valence-corrected chi connectivity index (χ0v) is 9.11. The number of hydrogen-bond acceptors (Lipinski definition) is 6. The van der Waals surface area contributed by atoms with E-state index in [4.69, 9.17) is 11.7 Å². The Morgan fingerprint density at radius 1 is 1.00 bits per heavy atom. The van der Waals surface area contributed by atoms with Crippen LogP contribution in [0.5, 0.6) is 0 Å². The van der Waals surface area contributed by atoms with E-state index in [0.29, 0.717) is 14.9 Å². The van der Waals surface area contributed by atoms with Gasteiger partial charge in [-0.2, -0.15) is 9.35 Å². The van der Waals surface area contributed by atoms with Gasteiger partial charge in [-0.05, 0) is 10.7 Å². The van der Waals surface area contributed by atoms with Crippen LogP contribution >= 0.6 is 0 Å². The first-order valence-electron chi connectivity index (χ1n) is 4.89. The van der Waals surface area contributed by atoms with Crippen LogP contribution < -0.4 is 22.9 Å². The van der Waals surface area contributed by atoms with Gasteiger partial charge in [0.2, 0.25) is 5.82 Å². The van der Waals surface area contributed by atoms with E-state index < -0.39 is 17.1 Å². The molecule has 1 heterocycles. The summed E-state index contributed by atoms with van der Waals surface area (Å²) in [6, 6.07) is 8.22. The fraction of sp³-hybridized carbons (Fsp3) is 0. The fourth-order valence-electron chi connectivity index (χ4n) is 1.58. The van der Waals surface area contributed by atoms with Crippen LogP contribution in [-0.2, 0) is 0 Å². The third-order valence-corrected chi connectivity index (χ3v) is 2.45. The third-order valence-electron chi connectivity index (χ3n) is 2.45. The van der Waals surface area contributed by atoms with Gasteiger partial charge in [0.25, 0.3) is 5.56 Å². The highest BCUT2D eigenvalue weighted by atomic mass is 16.3. The molecule has 4 N–H and O–H groups in total. The van der Waals surface area contributed by atoms with Gasteiger partial charge < -0.3 is 11.7 Å². The summed E-state index contributed by atoms with van der Waals surface area (Å²) in [7, 11) is 0. The summed E-state index contributed by atoms with van der Waals surface area (Å²) >= 11 is 0. The molecule has 2 aromatic rings. The van der Waals surface area contributed by atoms with Gasteiger partial charge in [-0.15, -0.1) is 4.91 Å². The summed E-state index contributed by atoms with van der Waals surface area (Å²) in [5.74, 6) is 10.2. The van der Waals surface area contributed by atoms with Gasteiger partial charge in [-0.25, -0.2) is 4.79 Å². The van der Waals surface area contributed by atoms with Crippen LogP contribution in [0.3, 0.4) is 0 Å². The molecule has 0 fully saturated rings. The van der Waals surface area contributed by atoms with Gasteiger partial charge in [0.1, 0.15) is 0 Å². The number of nitrogens with zero attached hydrogens (tertiary/aromatic N) is 3. The van der Waals surface area contributed by atoms with Crippen LogP contribution in [0.25, 0.3) is 11.1 Å². The number of nitrogens with two attached hydrogens (primary N) is 2. The largest absolute Gasteiger partial charge is 0.370 e. The molecule has 0 aliphatic heterocycles. The SMILES string of the molecule is Nn1c(N=O)c(-c2ccccc2)c(=O)n(N)c1=O. The third kappa shape index (κ3) is 1.56. The highest BCUT2D eigenvalue weighted by Crippen LogP contribution is 2.23. The molecule has 92 valence electrons. The molecule has 0 aliphatic rings. The summed E-state index contributed by atoms with van der Waals surface area (Å²) in [5, 5.41) is 2.63. The van der Waals surface area contributed by atoms with E-state index in [-0.39, 0.29) is 5.56 Å². The number of nitroso groups, excluding NO2 is 1. The molecule has 0 bridgehead atoms. The van der Waals surface area contributed by atoms with Crippen LogP contribution in [0.1, 0.15) is 0 Å². The maximum atomic E-state index is 11.9. The predicted octanol–water partition coefficient (Wildman–Crippen LogP) is -0.497. The lowest BCUT2D eigenvalue weighted by atomic mass is 10.1. The van der Waals surface area contributed by atoms with Crippen LogP contribution in [-0.4, -0.2) is 9.35 Å². The van der Waals surface area contributed by atoms with Crippen molar-refractivity contribution < 1.29 is 0 Å². The Hall–Kier alpha value is -2.90. The van der Waals surface area contributed by atoms with Crippen LogP contribution in [0, 0.1) is 4.91 Å². The van der Waals surface area contributed by atoms with E-state index in [9.17, 15) is 14.5 Å². The van der Waals surface area contributed by atoms with Crippen molar-refractivity contribution in [1.29, 1.82) is 0 Å². The second kappa shape index (κ2) is 4.17. The molecular weight excluding hydrogens is 238 g/mol. The number of hydrogen-bond donors (Lipinski definition) is 2. The zero-order chi connectivity index (χ0) is 13.3. The molecule has 1 aromatic carbocycles. The molecule has 0 aliphatic carbocycles. The lowest BCUT2D eigenvalue weighted by Crippen LogP contribution is -2.47. The summed E-state index contributed by atoms with van der Waals surface area (Å²) in [5.41, 5.74) is -1.57. The number of benzene rings is 1. The van der Waals surface area contributed by atoms with E-state index >= 15 is 0 Å². The number of nitrogen functional groups attached to an aromatic ring is 2. The standard InChI is InChI=1S/C10H9N5O3/c11-14-8(13-18)7(6-4-2-1-3-5-6)9(16)15(12)10(14)17/h1-5H,11-12H2. The van der Waals surface area contributed by atoms with Gasteiger partial charge in [0.05, 0.1) is 5.56 Å². The van der Waals surface area contributed by atoms with Gasteiger partial charge in [0, 0.05) is 0 Å². The van der Waals surface area contributed by atoms with Crippen molar-refractivity contribution in [2.75, 3.05) is 11.7 Å². The van der Waals surface area contributed by atoms with E-state index in [0.717, 1.165) is 0 Å². The minimum absolute atomic E-state index is 0.116. The number of rotatable bonds is 2. The minimum Gasteiger partial charge on any atom is -0.333 e. The highest BCUT2D eigenvalue weighted by Gasteiger charge is 2.18. The molecule has 0 atom stereocenters. The molecule has 0 amide bonds. The van der Waals surface area contributed by atoms with Crippen molar-refractivity contribution in [3.63, 3.8) is 0 Å². The topological polar surface area (TPSA) is 125 Å². The molecule has 0 spiro atoms. The van der Waals surface area contributed by atoms with Crippen LogP contribution in [0.4, 0.5) is 5.82 Å². The molecule has 8 heteroatoms. The molecule has 0 saturated carbocycles. The van der Waals surface area contributed by atoms with E-state index in [1.165, 1.54) is 0 Å². The maximum Gasteiger partial charge on any atom is 0.370 e. The summed E-state index contributed by atoms with van der Waals surface area (Å²) in [6.45, 7) is 0. The Bertz CT molecular complexity index is 717. The summed E-state index contributed by atoms with van der Waals surface area (Å²) in [4.78, 5) is 34.1. The van der Waals surface area contributed by atoms with E-state index in [1.807, 2.05) is 0 Å². The average Bonchev–Trinajstić information content (AvgIpc) is 2.41. The Labute approximate surface area is 100.0 Å². The van der Waals surface area contributed by atoms with Crippen molar-refractivity contribution in [2.24, 2.45) is 5.18 Å². The molecule has 2 rings (SSSR count). The molecule has 0 unspecified atom stereocenters. The lowest BCUT2D eigenvalue weighted by molar-refractivity contribution is 0.754. The monoisotopic (exact) mass is 247 g/mol. The molecule has 0 saturated heterocycles. The highest BCUT2D eigenvalue weighted by molar-refractivity contribution is 5.72. The molecule has 8 nitrogen and oxygen atoms in total. The van der Waals surface area contributed by atoms with E-state index in [2.05, 4.69) is 5.18 Å². The van der Waals surface area contributed by atoms with Gasteiger partial charge >= 0.3 is 5.69 Å². The Morgan fingerprint density at radius 2 is 1.61 bits per heavy atom. The van der Waals surface area contributed by atoms with Crippen molar-refractivity contribution in [1.82, 2.24) is 9.35 Å². The van der Waals surface area contributed by atoms with Crippen molar-refractivity contribution in [3.8, 4) is 11.1 Å². The Balaban J connectivity index is 2.96. The van der Waals surface area contributed by atoms with E-state index in [1.54, 1.807) is 30.3 Å². The van der Waals surface area contributed by atoms with Gasteiger partial charge in [0.15, 0.2) is 0 Å². The molecule has 18 heavy (non-hydrogen) atoms. The maximum absolute atomic E-state index is 11.9. The first kappa shape index (κ1) is 11.6.